The molecule has 2 rings (SSSR count). The Bertz CT molecular complexity index is 762. The highest BCUT2D eigenvalue weighted by molar-refractivity contribution is 7.89. The van der Waals surface area contributed by atoms with Gasteiger partial charge in [0.05, 0.1) is 17.0 Å². The number of primary sulfonamides is 1. The monoisotopic (exact) mass is 337 g/mol. The molecule has 0 fully saturated rings. The average Bonchev–Trinajstić information content (AvgIpc) is 2.47. The van der Waals surface area contributed by atoms with Crippen LogP contribution in [-0.4, -0.2) is 35.6 Å². The second kappa shape index (κ2) is 6.90. The predicted molar refractivity (Wildman–Crippen MR) is 87.9 cm³/mol. The van der Waals surface area contributed by atoms with E-state index in [4.69, 9.17) is 5.14 Å². The normalized spacial score (nSPS) is 14.1. The summed E-state index contributed by atoms with van der Waals surface area (Å²) >= 11 is 0. The molecule has 0 radical (unpaired) electrons. The van der Waals surface area contributed by atoms with Crippen molar-refractivity contribution in [2.45, 2.75) is 30.9 Å². The zero-order valence-corrected chi connectivity index (χ0v) is 13.6. The Morgan fingerprint density at radius 1 is 1.17 bits per heavy atom. The number of aromatic nitrogens is 2. The number of benzene rings is 1. The largest absolute Gasteiger partial charge is 0.391 e. The highest BCUT2D eigenvalue weighted by atomic mass is 32.2. The summed E-state index contributed by atoms with van der Waals surface area (Å²) in [6, 6.07) is 7.47. The number of aliphatic hydroxyl groups is 1. The van der Waals surface area contributed by atoms with Gasteiger partial charge in [-0.15, -0.1) is 0 Å². The minimum atomic E-state index is -3.71. The van der Waals surface area contributed by atoms with Gasteiger partial charge in [0.15, 0.2) is 0 Å². The fourth-order valence-electron chi connectivity index (χ4n) is 1.71. The number of sulfonamides is 1. The Kier molecular flexibility index (Phi) is 5.14. The van der Waals surface area contributed by atoms with Gasteiger partial charge in [-0.3, -0.25) is 0 Å². The van der Waals surface area contributed by atoms with E-state index < -0.39 is 16.1 Å². The minimum Gasteiger partial charge on any atom is -0.391 e. The van der Waals surface area contributed by atoms with E-state index in [-0.39, 0.29) is 10.9 Å². The second-order valence-corrected chi connectivity index (χ2v) is 6.69. The summed E-state index contributed by atoms with van der Waals surface area (Å²) in [5.74, 6) is 0.910. The quantitative estimate of drug-likeness (QED) is 0.619. The smallest absolute Gasteiger partial charge is 0.238 e. The van der Waals surface area contributed by atoms with Gasteiger partial charge in [-0.2, -0.15) is 4.98 Å². The van der Waals surface area contributed by atoms with Crippen molar-refractivity contribution < 1.29 is 13.5 Å². The Labute approximate surface area is 134 Å². The van der Waals surface area contributed by atoms with Crippen molar-refractivity contribution in [2.24, 2.45) is 5.14 Å². The molecule has 124 valence electrons. The summed E-state index contributed by atoms with van der Waals surface area (Å²) in [6.45, 7) is 3.52. The Balaban J connectivity index is 2.11. The van der Waals surface area contributed by atoms with E-state index in [2.05, 4.69) is 20.6 Å². The van der Waals surface area contributed by atoms with Crippen LogP contribution < -0.4 is 15.8 Å². The third-order valence-corrected chi connectivity index (χ3v) is 4.12. The third kappa shape index (κ3) is 4.88. The molecule has 2 atom stereocenters. The second-order valence-electron chi connectivity index (χ2n) is 5.13. The number of hydrogen-bond donors (Lipinski definition) is 4. The van der Waals surface area contributed by atoms with Gasteiger partial charge >= 0.3 is 0 Å². The maximum Gasteiger partial charge on any atom is 0.238 e. The van der Waals surface area contributed by atoms with Gasteiger partial charge in [-0.05, 0) is 44.2 Å². The maximum atomic E-state index is 11.2. The van der Waals surface area contributed by atoms with Gasteiger partial charge in [0, 0.05) is 11.9 Å². The van der Waals surface area contributed by atoms with E-state index in [9.17, 15) is 13.5 Å². The van der Waals surface area contributed by atoms with Gasteiger partial charge in [-0.25, -0.2) is 18.5 Å². The number of anilines is 3. The van der Waals surface area contributed by atoms with Crippen LogP contribution in [0.15, 0.2) is 41.4 Å². The van der Waals surface area contributed by atoms with Crippen LogP contribution in [0.5, 0.6) is 0 Å². The van der Waals surface area contributed by atoms with Gasteiger partial charge in [0.2, 0.25) is 16.0 Å². The first-order valence-corrected chi connectivity index (χ1v) is 8.48. The Morgan fingerprint density at radius 3 is 2.39 bits per heavy atom. The fraction of sp³-hybridized carbons (Fsp3) is 0.286. The maximum absolute atomic E-state index is 11.2. The van der Waals surface area contributed by atoms with Crippen molar-refractivity contribution in [3.8, 4) is 0 Å². The standard InChI is InChI=1S/C14H19N5O3S/c1-9(10(2)20)17-13-7-8-16-14(19-13)18-11-3-5-12(6-4-11)23(15,21)22/h3-10,20H,1-2H3,(H2,15,21,22)(H2,16,17,18,19)/t9-,10-/m1/s1. The molecule has 0 aliphatic carbocycles. The van der Waals surface area contributed by atoms with E-state index in [0.29, 0.717) is 17.5 Å². The summed E-state index contributed by atoms with van der Waals surface area (Å²) in [7, 11) is -3.71. The van der Waals surface area contributed by atoms with Crippen molar-refractivity contribution >= 4 is 27.5 Å². The topological polar surface area (TPSA) is 130 Å². The number of nitrogens with two attached hydrogens (primary N) is 1. The van der Waals surface area contributed by atoms with Crippen LogP contribution in [0.2, 0.25) is 0 Å². The molecule has 1 aromatic carbocycles. The van der Waals surface area contributed by atoms with Gasteiger partial charge in [0.25, 0.3) is 0 Å². The van der Waals surface area contributed by atoms with Crippen molar-refractivity contribution in [2.75, 3.05) is 10.6 Å². The van der Waals surface area contributed by atoms with Crippen LogP contribution in [-0.2, 0) is 10.0 Å². The van der Waals surface area contributed by atoms with Crippen LogP contribution in [0, 0.1) is 0 Å². The van der Waals surface area contributed by atoms with Gasteiger partial charge in [-0.1, -0.05) is 0 Å². The highest BCUT2D eigenvalue weighted by Gasteiger charge is 2.10. The number of nitrogens with one attached hydrogen (secondary N) is 2. The fourth-order valence-corrected chi connectivity index (χ4v) is 2.23. The van der Waals surface area contributed by atoms with Crippen molar-refractivity contribution in [1.82, 2.24) is 9.97 Å². The summed E-state index contributed by atoms with van der Waals surface area (Å²) < 4.78 is 22.4. The number of hydrogen-bond acceptors (Lipinski definition) is 7. The summed E-state index contributed by atoms with van der Waals surface area (Å²) in [4.78, 5) is 8.40. The van der Waals surface area contributed by atoms with Crippen LogP contribution in [0.3, 0.4) is 0 Å². The first kappa shape index (κ1) is 17.1. The SMILES string of the molecule is C[C@@H](O)[C@@H](C)Nc1ccnc(Nc2ccc(S(N)(=O)=O)cc2)n1. The summed E-state index contributed by atoms with van der Waals surface area (Å²) in [5, 5.41) is 20.6. The van der Waals surface area contributed by atoms with Crippen LogP contribution in [0.4, 0.5) is 17.5 Å². The molecule has 0 saturated carbocycles. The number of rotatable bonds is 6. The lowest BCUT2D eigenvalue weighted by molar-refractivity contribution is 0.177. The Hall–Kier alpha value is -2.23. The zero-order chi connectivity index (χ0) is 17.0. The molecule has 0 amide bonds. The van der Waals surface area contributed by atoms with E-state index >= 15 is 0 Å². The first-order chi connectivity index (χ1) is 10.8. The summed E-state index contributed by atoms with van der Waals surface area (Å²) in [6.07, 6.45) is 1.05. The van der Waals surface area contributed by atoms with E-state index in [1.807, 2.05) is 6.92 Å². The van der Waals surface area contributed by atoms with Crippen molar-refractivity contribution in [3.63, 3.8) is 0 Å². The molecule has 2 aromatic rings. The Morgan fingerprint density at radius 2 is 1.83 bits per heavy atom. The number of aliphatic hydroxyl groups excluding tert-OH is 1. The average molecular weight is 337 g/mol. The summed E-state index contributed by atoms with van der Waals surface area (Å²) in [5.41, 5.74) is 0.623. The van der Waals surface area contributed by atoms with Crippen LogP contribution in [0.1, 0.15) is 13.8 Å². The molecule has 9 heteroatoms. The third-order valence-electron chi connectivity index (χ3n) is 3.19. The molecule has 0 saturated heterocycles. The van der Waals surface area contributed by atoms with Crippen molar-refractivity contribution in [1.29, 1.82) is 0 Å². The molecule has 0 aliphatic rings. The van der Waals surface area contributed by atoms with Crippen LogP contribution in [0.25, 0.3) is 0 Å². The lowest BCUT2D eigenvalue weighted by atomic mass is 10.2. The highest BCUT2D eigenvalue weighted by Crippen LogP contribution is 2.17. The predicted octanol–water partition coefficient (Wildman–Crippen LogP) is 1.05. The molecular weight excluding hydrogens is 318 g/mol. The van der Waals surface area contributed by atoms with Gasteiger partial charge < -0.3 is 15.7 Å². The first-order valence-electron chi connectivity index (χ1n) is 6.93. The lowest BCUT2D eigenvalue weighted by Gasteiger charge is -2.17. The van der Waals surface area contributed by atoms with E-state index in [1.165, 1.54) is 12.1 Å². The van der Waals surface area contributed by atoms with Crippen molar-refractivity contribution in [3.05, 3.63) is 36.5 Å². The molecule has 1 aromatic heterocycles. The molecule has 0 aliphatic heterocycles. The molecule has 1 heterocycles. The van der Waals surface area contributed by atoms with E-state index in [1.54, 1.807) is 31.3 Å². The minimum absolute atomic E-state index is 0.0325. The molecule has 0 bridgehead atoms. The van der Waals surface area contributed by atoms with E-state index in [0.717, 1.165) is 0 Å². The molecule has 23 heavy (non-hydrogen) atoms. The zero-order valence-electron chi connectivity index (χ0n) is 12.8. The van der Waals surface area contributed by atoms with Gasteiger partial charge in [0.1, 0.15) is 5.82 Å². The lowest BCUT2D eigenvalue weighted by Crippen LogP contribution is -2.28. The number of nitrogens with zero attached hydrogens (tertiary/aromatic N) is 2. The molecule has 5 N–H and O–H groups in total. The molecular formula is C14H19N5O3S. The van der Waals surface area contributed by atoms with Crippen LogP contribution >= 0.6 is 0 Å². The molecule has 0 unspecified atom stereocenters. The molecule has 0 spiro atoms. The molecule has 8 nitrogen and oxygen atoms in total.